The monoisotopic (exact) mass is 309 g/mol. The highest BCUT2D eigenvalue weighted by atomic mass is 16.6. The Labute approximate surface area is 127 Å². The Morgan fingerprint density at radius 1 is 1.36 bits per heavy atom. The number of guanidine groups is 1. The zero-order valence-electron chi connectivity index (χ0n) is 12.5. The lowest BCUT2D eigenvalue weighted by Gasteiger charge is -2.12. The third-order valence-corrected chi connectivity index (χ3v) is 2.38. The van der Waals surface area contributed by atoms with Gasteiger partial charge in [0.1, 0.15) is 0 Å². The van der Waals surface area contributed by atoms with E-state index in [1.807, 2.05) is 6.92 Å². The van der Waals surface area contributed by atoms with Crippen LogP contribution in [0.4, 0.5) is 5.69 Å². The van der Waals surface area contributed by atoms with Crippen molar-refractivity contribution in [1.29, 1.82) is 0 Å². The Balaban J connectivity index is 3.29. The van der Waals surface area contributed by atoms with Crippen LogP contribution in [0.2, 0.25) is 0 Å². The van der Waals surface area contributed by atoms with Crippen molar-refractivity contribution in [2.24, 2.45) is 21.7 Å². The minimum Gasteiger partial charge on any atom is -0.490 e. The molecule has 0 amide bonds. The maximum atomic E-state index is 11.2. The van der Waals surface area contributed by atoms with Crippen LogP contribution in [0.25, 0.3) is 0 Å². The van der Waals surface area contributed by atoms with Gasteiger partial charge in [-0.1, -0.05) is 6.92 Å². The molecule has 0 saturated carbocycles. The third kappa shape index (κ3) is 4.93. The highest BCUT2D eigenvalue weighted by Crippen LogP contribution is 2.38. The number of hydrogen-bond donors (Lipinski definition) is 2. The van der Waals surface area contributed by atoms with E-state index in [9.17, 15) is 10.1 Å². The molecule has 4 N–H and O–H groups in total. The summed E-state index contributed by atoms with van der Waals surface area (Å²) in [6.07, 6.45) is 2.01. The minimum absolute atomic E-state index is 0.104. The molecule has 22 heavy (non-hydrogen) atoms. The second-order valence-electron chi connectivity index (χ2n) is 4.18. The predicted octanol–water partition coefficient (Wildman–Crippen LogP) is 1.39. The van der Waals surface area contributed by atoms with E-state index in [2.05, 4.69) is 10.2 Å². The number of rotatable bonds is 8. The third-order valence-electron chi connectivity index (χ3n) is 2.38. The molecule has 1 aromatic rings. The summed E-state index contributed by atoms with van der Waals surface area (Å²) < 4.78 is 10.9. The first-order valence-electron chi connectivity index (χ1n) is 6.69. The molecule has 0 saturated heterocycles. The van der Waals surface area contributed by atoms with E-state index in [4.69, 9.17) is 20.9 Å². The first-order valence-corrected chi connectivity index (χ1v) is 6.69. The van der Waals surface area contributed by atoms with Crippen LogP contribution in [0, 0.1) is 10.1 Å². The van der Waals surface area contributed by atoms with Crippen molar-refractivity contribution >= 4 is 17.9 Å². The van der Waals surface area contributed by atoms with Gasteiger partial charge in [0, 0.05) is 11.6 Å². The lowest BCUT2D eigenvalue weighted by molar-refractivity contribution is -0.386. The number of nitrogens with zero attached hydrogens (tertiary/aromatic N) is 3. The standard InChI is InChI=1S/C13H19N5O4/c1-3-5-22-12-10(18(19)20)6-9(7-11(12)21-4-2)8-16-17-13(14)15/h6-8H,3-5H2,1-2H3,(H4,14,15,17)/b16-8-. The van der Waals surface area contributed by atoms with Gasteiger partial charge in [0.2, 0.25) is 11.7 Å². The molecular formula is C13H19N5O4. The van der Waals surface area contributed by atoms with E-state index >= 15 is 0 Å². The smallest absolute Gasteiger partial charge is 0.315 e. The van der Waals surface area contributed by atoms with Crippen LogP contribution in [-0.2, 0) is 0 Å². The van der Waals surface area contributed by atoms with Crippen molar-refractivity contribution in [3.63, 3.8) is 0 Å². The van der Waals surface area contributed by atoms with Gasteiger partial charge in [-0.15, -0.1) is 5.10 Å². The minimum atomic E-state index is -0.536. The first-order chi connectivity index (χ1) is 10.5. The Kier molecular flexibility index (Phi) is 6.61. The molecule has 0 spiro atoms. The summed E-state index contributed by atoms with van der Waals surface area (Å²) in [6.45, 7) is 4.37. The molecule has 9 nitrogen and oxygen atoms in total. The number of hydrogen-bond acceptors (Lipinski definition) is 6. The number of benzene rings is 1. The number of ether oxygens (including phenoxy) is 2. The van der Waals surface area contributed by atoms with Gasteiger partial charge in [-0.05, 0) is 19.4 Å². The van der Waals surface area contributed by atoms with Crippen molar-refractivity contribution in [1.82, 2.24) is 0 Å². The van der Waals surface area contributed by atoms with E-state index in [0.717, 1.165) is 6.42 Å². The Morgan fingerprint density at radius 2 is 2.09 bits per heavy atom. The molecular weight excluding hydrogens is 290 g/mol. The van der Waals surface area contributed by atoms with Crippen LogP contribution in [0.1, 0.15) is 25.8 Å². The largest absolute Gasteiger partial charge is 0.490 e. The molecule has 0 fully saturated rings. The second kappa shape index (κ2) is 8.45. The van der Waals surface area contributed by atoms with Gasteiger partial charge in [0.25, 0.3) is 0 Å². The molecule has 1 aromatic carbocycles. The summed E-state index contributed by atoms with van der Waals surface area (Å²) in [7, 11) is 0. The van der Waals surface area contributed by atoms with E-state index in [0.29, 0.717) is 18.8 Å². The SMILES string of the molecule is CCCOc1c(OCC)cc(/C=N\N=C(N)N)cc1[N+](=O)[O-]. The van der Waals surface area contributed by atoms with Crippen molar-refractivity contribution in [3.05, 3.63) is 27.8 Å². The quantitative estimate of drug-likeness (QED) is 0.322. The topological polar surface area (TPSA) is 138 Å². The van der Waals surface area contributed by atoms with Crippen LogP contribution in [0.15, 0.2) is 22.3 Å². The van der Waals surface area contributed by atoms with E-state index in [1.54, 1.807) is 13.0 Å². The van der Waals surface area contributed by atoms with Gasteiger partial charge in [-0.2, -0.15) is 5.10 Å². The van der Waals surface area contributed by atoms with E-state index in [1.165, 1.54) is 12.3 Å². The molecule has 0 aliphatic rings. The van der Waals surface area contributed by atoms with Crippen LogP contribution >= 0.6 is 0 Å². The zero-order chi connectivity index (χ0) is 16.5. The lowest BCUT2D eigenvalue weighted by atomic mass is 10.2. The fourth-order valence-corrected chi connectivity index (χ4v) is 1.59. The van der Waals surface area contributed by atoms with Crippen molar-refractivity contribution in [2.75, 3.05) is 13.2 Å². The molecule has 0 aromatic heterocycles. The Morgan fingerprint density at radius 3 is 2.64 bits per heavy atom. The van der Waals surface area contributed by atoms with Crippen molar-refractivity contribution < 1.29 is 14.4 Å². The van der Waals surface area contributed by atoms with E-state index in [-0.39, 0.29) is 23.1 Å². The molecule has 0 bridgehead atoms. The van der Waals surface area contributed by atoms with Gasteiger partial charge >= 0.3 is 5.69 Å². The molecule has 0 unspecified atom stereocenters. The van der Waals surface area contributed by atoms with Gasteiger partial charge in [-0.25, -0.2) is 0 Å². The van der Waals surface area contributed by atoms with Crippen LogP contribution in [-0.4, -0.2) is 30.3 Å². The summed E-state index contributed by atoms with van der Waals surface area (Å²) in [6, 6.07) is 2.90. The van der Waals surface area contributed by atoms with Gasteiger partial charge < -0.3 is 20.9 Å². The maximum absolute atomic E-state index is 11.2. The maximum Gasteiger partial charge on any atom is 0.315 e. The zero-order valence-corrected chi connectivity index (χ0v) is 12.5. The van der Waals surface area contributed by atoms with Crippen LogP contribution < -0.4 is 20.9 Å². The fraction of sp³-hybridized carbons (Fsp3) is 0.385. The first kappa shape index (κ1) is 17.2. The van der Waals surface area contributed by atoms with Crippen molar-refractivity contribution in [3.8, 4) is 11.5 Å². The second-order valence-corrected chi connectivity index (χ2v) is 4.18. The lowest BCUT2D eigenvalue weighted by Crippen LogP contribution is -2.21. The summed E-state index contributed by atoms with van der Waals surface area (Å²) in [5, 5.41) is 18.3. The Hall–Kier alpha value is -2.84. The summed E-state index contributed by atoms with van der Waals surface area (Å²) in [5.41, 5.74) is 10.5. The molecule has 0 atom stereocenters. The molecule has 9 heteroatoms. The number of nitro groups is 1. The highest BCUT2D eigenvalue weighted by Gasteiger charge is 2.22. The molecule has 0 radical (unpaired) electrons. The molecule has 0 aliphatic heterocycles. The predicted molar refractivity (Wildman–Crippen MR) is 83.5 cm³/mol. The van der Waals surface area contributed by atoms with Crippen molar-refractivity contribution in [2.45, 2.75) is 20.3 Å². The summed E-state index contributed by atoms with van der Waals surface area (Å²) in [5.74, 6) is 0.169. The Bertz CT molecular complexity index is 582. The number of nitro benzene ring substituents is 1. The normalized spacial score (nSPS) is 10.5. The van der Waals surface area contributed by atoms with E-state index < -0.39 is 4.92 Å². The summed E-state index contributed by atoms with van der Waals surface area (Å²) in [4.78, 5) is 10.7. The van der Waals surface area contributed by atoms with Crippen LogP contribution in [0.3, 0.4) is 0 Å². The van der Waals surface area contributed by atoms with Gasteiger partial charge in [-0.3, -0.25) is 10.1 Å². The average molecular weight is 309 g/mol. The molecule has 0 aliphatic carbocycles. The highest BCUT2D eigenvalue weighted by molar-refractivity contribution is 5.84. The van der Waals surface area contributed by atoms with Crippen LogP contribution in [0.5, 0.6) is 11.5 Å². The molecule has 0 heterocycles. The average Bonchev–Trinajstić information content (AvgIpc) is 2.45. The molecule has 1 rings (SSSR count). The fourth-order valence-electron chi connectivity index (χ4n) is 1.59. The summed E-state index contributed by atoms with van der Waals surface area (Å²) >= 11 is 0. The van der Waals surface area contributed by atoms with Gasteiger partial charge in [0.05, 0.1) is 24.4 Å². The number of nitrogens with two attached hydrogens (primary N) is 2. The molecule has 120 valence electrons. The van der Waals surface area contributed by atoms with Gasteiger partial charge in [0.15, 0.2) is 5.75 Å².